The van der Waals surface area contributed by atoms with Crippen molar-refractivity contribution in [2.24, 2.45) is 5.92 Å². The number of halogens is 1. The minimum Gasteiger partial charge on any atom is -0.481 e. The van der Waals surface area contributed by atoms with Gasteiger partial charge in [-0.2, -0.15) is 0 Å². The Morgan fingerprint density at radius 2 is 2.31 bits per heavy atom. The molecule has 16 heavy (non-hydrogen) atoms. The molecule has 0 aliphatic carbocycles. The SMILES string of the molecule is O=C(O)C1CCNC(c2cccc(Br)c2)C1. The molecule has 0 spiro atoms. The largest absolute Gasteiger partial charge is 0.481 e. The van der Waals surface area contributed by atoms with Gasteiger partial charge in [0.1, 0.15) is 0 Å². The number of carbonyl (C=O) groups is 1. The number of hydrogen-bond acceptors (Lipinski definition) is 2. The zero-order valence-electron chi connectivity index (χ0n) is 8.82. The lowest BCUT2D eigenvalue weighted by atomic mass is 9.89. The molecule has 2 N–H and O–H groups in total. The minimum atomic E-state index is -0.679. The summed E-state index contributed by atoms with van der Waals surface area (Å²) in [5.41, 5.74) is 1.15. The molecular weight excluding hydrogens is 270 g/mol. The average molecular weight is 284 g/mol. The normalized spacial score (nSPS) is 25.3. The predicted octanol–water partition coefficient (Wildman–Crippen LogP) is 2.57. The number of carboxylic acids is 1. The van der Waals surface area contributed by atoms with Gasteiger partial charge >= 0.3 is 5.97 Å². The van der Waals surface area contributed by atoms with Gasteiger partial charge in [0.2, 0.25) is 0 Å². The highest BCUT2D eigenvalue weighted by Crippen LogP contribution is 2.28. The number of nitrogens with one attached hydrogen (secondary N) is 1. The van der Waals surface area contributed by atoms with Crippen LogP contribution in [-0.2, 0) is 4.79 Å². The second-order valence-corrected chi connectivity index (χ2v) is 5.04. The molecule has 86 valence electrons. The number of benzene rings is 1. The van der Waals surface area contributed by atoms with Crippen LogP contribution in [0.4, 0.5) is 0 Å². The molecule has 0 saturated carbocycles. The molecule has 1 aromatic rings. The van der Waals surface area contributed by atoms with Gasteiger partial charge in [-0.25, -0.2) is 0 Å². The molecule has 3 nitrogen and oxygen atoms in total. The molecule has 0 aromatic heterocycles. The maximum absolute atomic E-state index is 11.0. The topological polar surface area (TPSA) is 49.3 Å². The van der Waals surface area contributed by atoms with Crippen LogP contribution in [0, 0.1) is 5.92 Å². The maximum atomic E-state index is 11.0. The van der Waals surface area contributed by atoms with E-state index in [1.54, 1.807) is 0 Å². The molecule has 1 saturated heterocycles. The molecule has 1 aromatic carbocycles. The van der Waals surface area contributed by atoms with Crippen LogP contribution >= 0.6 is 15.9 Å². The lowest BCUT2D eigenvalue weighted by Crippen LogP contribution is -2.34. The second kappa shape index (κ2) is 4.97. The van der Waals surface area contributed by atoms with Gasteiger partial charge in [-0.3, -0.25) is 4.79 Å². The number of carboxylic acid groups (broad SMARTS) is 1. The van der Waals surface area contributed by atoms with Crippen molar-refractivity contribution < 1.29 is 9.90 Å². The fourth-order valence-electron chi connectivity index (χ4n) is 2.12. The van der Waals surface area contributed by atoms with Crippen LogP contribution in [-0.4, -0.2) is 17.6 Å². The highest BCUT2D eigenvalue weighted by Gasteiger charge is 2.27. The van der Waals surface area contributed by atoms with Crippen LogP contribution < -0.4 is 5.32 Å². The van der Waals surface area contributed by atoms with Crippen molar-refractivity contribution in [1.82, 2.24) is 5.32 Å². The molecule has 1 heterocycles. The number of piperidine rings is 1. The van der Waals surface area contributed by atoms with Crippen LogP contribution in [0.5, 0.6) is 0 Å². The van der Waals surface area contributed by atoms with Crippen LogP contribution in [0.15, 0.2) is 28.7 Å². The van der Waals surface area contributed by atoms with Crippen molar-refractivity contribution in [1.29, 1.82) is 0 Å². The highest BCUT2D eigenvalue weighted by atomic mass is 79.9. The number of aliphatic carboxylic acids is 1. The fourth-order valence-corrected chi connectivity index (χ4v) is 2.54. The summed E-state index contributed by atoms with van der Waals surface area (Å²) < 4.78 is 1.03. The summed E-state index contributed by atoms with van der Waals surface area (Å²) in [6.07, 6.45) is 1.39. The standard InChI is InChI=1S/C12H14BrNO2/c13-10-3-1-2-8(6-10)11-7-9(12(15)16)4-5-14-11/h1-3,6,9,11,14H,4-5,7H2,(H,15,16). The van der Waals surface area contributed by atoms with Crippen molar-refractivity contribution >= 4 is 21.9 Å². The Bertz CT molecular complexity index is 394. The highest BCUT2D eigenvalue weighted by molar-refractivity contribution is 9.10. The third-order valence-electron chi connectivity index (χ3n) is 3.00. The Kier molecular flexibility index (Phi) is 3.61. The molecule has 2 atom stereocenters. The van der Waals surface area contributed by atoms with Crippen LogP contribution in [0.3, 0.4) is 0 Å². The summed E-state index contributed by atoms with van der Waals surface area (Å²) in [5, 5.41) is 12.4. The molecule has 1 aliphatic rings. The van der Waals surface area contributed by atoms with E-state index in [1.807, 2.05) is 24.3 Å². The van der Waals surface area contributed by atoms with Gasteiger partial charge in [-0.05, 0) is 37.1 Å². The fraction of sp³-hybridized carbons (Fsp3) is 0.417. The first-order valence-electron chi connectivity index (χ1n) is 5.38. The van der Waals surface area contributed by atoms with Gasteiger partial charge in [0.25, 0.3) is 0 Å². The van der Waals surface area contributed by atoms with E-state index in [0.29, 0.717) is 6.42 Å². The van der Waals surface area contributed by atoms with Gasteiger partial charge in [0.15, 0.2) is 0 Å². The molecule has 2 rings (SSSR count). The van der Waals surface area contributed by atoms with E-state index in [2.05, 4.69) is 21.2 Å². The van der Waals surface area contributed by atoms with Gasteiger partial charge in [-0.15, -0.1) is 0 Å². The summed E-state index contributed by atoms with van der Waals surface area (Å²) in [6.45, 7) is 0.772. The van der Waals surface area contributed by atoms with E-state index in [4.69, 9.17) is 5.11 Å². The van der Waals surface area contributed by atoms with Crippen molar-refractivity contribution in [3.63, 3.8) is 0 Å². The first-order chi connectivity index (χ1) is 7.66. The molecular formula is C12H14BrNO2. The van der Waals surface area contributed by atoms with Gasteiger partial charge in [0, 0.05) is 10.5 Å². The Morgan fingerprint density at radius 3 is 3.00 bits per heavy atom. The van der Waals surface area contributed by atoms with Crippen molar-refractivity contribution in [2.45, 2.75) is 18.9 Å². The van der Waals surface area contributed by atoms with Crippen LogP contribution in [0.2, 0.25) is 0 Å². The molecule has 0 amide bonds. The third-order valence-corrected chi connectivity index (χ3v) is 3.50. The van der Waals surface area contributed by atoms with E-state index < -0.39 is 5.97 Å². The molecule has 1 aliphatic heterocycles. The Morgan fingerprint density at radius 1 is 1.50 bits per heavy atom. The van der Waals surface area contributed by atoms with Crippen molar-refractivity contribution in [3.05, 3.63) is 34.3 Å². The Labute approximate surface area is 103 Å². The summed E-state index contributed by atoms with van der Waals surface area (Å²) >= 11 is 3.43. The van der Waals surface area contributed by atoms with E-state index in [1.165, 1.54) is 0 Å². The Balaban J connectivity index is 2.12. The van der Waals surface area contributed by atoms with Gasteiger partial charge in [0.05, 0.1) is 5.92 Å². The summed E-state index contributed by atoms with van der Waals surface area (Å²) in [6, 6.07) is 8.19. The quantitative estimate of drug-likeness (QED) is 0.877. The molecule has 2 unspecified atom stereocenters. The monoisotopic (exact) mass is 283 g/mol. The van der Waals surface area contributed by atoms with Crippen LogP contribution in [0.1, 0.15) is 24.4 Å². The van der Waals surface area contributed by atoms with Crippen molar-refractivity contribution in [3.8, 4) is 0 Å². The smallest absolute Gasteiger partial charge is 0.306 e. The van der Waals surface area contributed by atoms with E-state index in [9.17, 15) is 4.79 Å². The second-order valence-electron chi connectivity index (χ2n) is 4.12. The zero-order valence-corrected chi connectivity index (χ0v) is 10.4. The Hall–Kier alpha value is -0.870. The first-order valence-corrected chi connectivity index (χ1v) is 6.18. The van der Waals surface area contributed by atoms with E-state index in [-0.39, 0.29) is 12.0 Å². The number of rotatable bonds is 2. The molecule has 0 radical (unpaired) electrons. The lowest BCUT2D eigenvalue weighted by Gasteiger charge is -2.28. The maximum Gasteiger partial charge on any atom is 0.306 e. The van der Waals surface area contributed by atoms with E-state index in [0.717, 1.165) is 23.0 Å². The van der Waals surface area contributed by atoms with E-state index >= 15 is 0 Å². The minimum absolute atomic E-state index is 0.160. The average Bonchev–Trinajstić information content (AvgIpc) is 2.29. The van der Waals surface area contributed by atoms with Crippen molar-refractivity contribution in [2.75, 3.05) is 6.54 Å². The summed E-state index contributed by atoms with van der Waals surface area (Å²) in [7, 11) is 0. The molecule has 0 bridgehead atoms. The number of hydrogen-bond donors (Lipinski definition) is 2. The molecule has 1 fully saturated rings. The summed E-state index contributed by atoms with van der Waals surface area (Å²) in [5.74, 6) is -0.897. The first kappa shape index (κ1) is 11.6. The summed E-state index contributed by atoms with van der Waals surface area (Å²) in [4.78, 5) is 11.0. The lowest BCUT2D eigenvalue weighted by molar-refractivity contribution is -0.143. The zero-order chi connectivity index (χ0) is 11.5. The molecule has 4 heteroatoms. The third kappa shape index (κ3) is 2.62. The van der Waals surface area contributed by atoms with Gasteiger partial charge < -0.3 is 10.4 Å². The predicted molar refractivity (Wildman–Crippen MR) is 65.2 cm³/mol. The van der Waals surface area contributed by atoms with Crippen LogP contribution in [0.25, 0.3) is 0 Å². The van der Waals surface area contributed by atoms with Gasteiger partial charge in [-0.1, -0.05) is 28.1 Å².